The molecule has 2 heterocycles. The Balaban J connectivity index is 1.55. The highest BCUT2D eigenvalue weighted by Gasteiger charge is 2.27. The molecule has 1 aliphatic heterocycles. The number of aldehydes is 1. The van der Waals surface area contributed by atoms with Crippen molar-refractivity contribution in [3.05, 3.63) is 88.3 Å². The van der Waals surface area contributed by atoms with Gasteiger partial charge >= 0.3 is 0 Å². The molecule has 1 fully saturated rings. The van der Waals surface area contributed by atoms with E-state index in [-0.39, 0.29) is 17.2 Å². The molecule has 0 unspecified atom stereocenters. The third-order valence-electron chi connectivity index (χ3n) is 5.54. The number of rotatable bonds is 7. The number of carbonyl (C=O) groups is 2. The molecule has 32 heavy (non-hydrogen) atoms. The van der Waals surface area contributed by atoms with Gasteiger partial charge < -0.3 is 4.57 Å². The van der Waals surface area contributed by atoms with Crippen LogP contribution in [0.15, 0.2) is 76.6 Å². The van der Waals surface area contributed by atoms with Gasteiger partial charge in [0.2, 0.25) is 10.0 Å². The van der Waals surface area contributed by atoms with Crippen molar-refractivity contribution in [3.63, 3.8) is 0 Å². The molecule has 0 radical (unpaired) electrons. The molecule has 0 spiro atoms. The smallest absolute Gasteiger partial charge is 0.251 e. The average molecular weight is 451 g/mol. The normalized spacial score (nSPS) is 14.4. The second-order valence-corrected chi connectivity index (χ2v) is 9.62. The zero-order chi connectivity index (χ0) is 22.7. The van der Waals surface area contributed by atoms with Gasteiger partial charge in [-0.05, 0) is 36.1 Å². The number of ketones is 1. The Bertz CT molecular complexity index is 1320. The molecule has 2 aromatic carbocycles. The summed E-state index contributed by atoms with van der Waals surface area (Å²) in [6, 6.07) is 16.5. The third kappa shape index (κ3) is 4.46. The lowest BCUT2D eigenvalue weighted by Crippen LogP contribution is -2.30. The van der Waals surface area contributed by atoms with Gasteiger partial charge in [-0.25, -0.2) is 8.42 Å². The van der Waals surface area contributed by atoms with E-state index in [0.29, 0.717) is 24.2 Å². The molecule has 1 aromatic heterocycles. The van der Waals surface area contributed by atoms with E-state index in [1.54, 1.807) is 42.5 Å². The minimum Gasteiger partial charge on any atom is -0.306 e. The van der Waals surface area contributed by atoms with Crippen LogP contribution in [-0.2, 0) is 16.6 Å². The summed E-state index contributed by atoms with van der Waals surface area (Å²) in [5.41, 5.74) is 2.22. The monoisotopic (exact) mass is 450 g/mol. The van der Waals surface area contributed by atoms with Crippen molar-refractivity contribution in [2.75, 3.05) is 13.1 Å². The van der Waals surface area contributed by atoms with Gasteiger partial charge in [0.25, 0.3) is 5.56 Å². The van der Waals surface area contributed by atoms with Crippen molar-refractivity contribution in [1.82, 2.24) is 8.87 Å². The Morgan fingerprint density at radius 1 is 0.938 bits per heavy atom. The van der Waals surface area contributed by atoms with Crippen LogP contribution in [-0.4, -0.2) is 42.4 Å². The van der Waals surface area contributed by atoms with Gasteiger partial charge in [-0.3, -0.25) is 14.4 Å². The number of benzene rings is 2. The lowest BCUT2D eigenvalue weighted by Gasteiger charge is -2.16. The van der Waals surface area contributed by atoms with E-state index in [1.165, 1.54) is 22.6 Å². The minimum atomic E-state index is -3.68. The molecule has 0 aliphatic carbocycles. The molecule has 8 heteroatoms. The Kier molecular flexibility index (Phi) is 6.16. The Morgan fingerprint density at radius 2 is 1.66 bits per heavy atom. The van der Waals surface area contributed by atoms with Gasteiger partial charge in [0.1, 0.15) is 6.29 Å². The standard InChI is InChI=1S/C24H22N2O5S/c27-17-18-4-3-5-21(14-18)19-6-8-20(9-7-19)23(28)16-25-15-22(10-11-24(25)29)32(30,31)26-12-1-2-13-26/h3-11,14-15,17H,1-2,12-13,16H2. The molecule has 4 rings (SSSR count). The fourth-order valence-electron chi connectivity index (χ4n) is 3.75. The van der Waals surface area contributed by atoms with Crippen LogP contribution in [0.2, 0.25) is 0 Å². The van der Waals surface area contributed by atoms with Crippen molar-refractivity contribution in [2.45, 2.75) is 24.3 Å². The number of sulfonamides is 1. The second kappa shape index (κ2) is 9.02. The third-order valence-corrected chi connectivity index (χ3v) is 7.42. The van der Waals surface area contributed by atoms with E-state index < -0.39 is 15.6 Å². The fourth-order valence-corrected chi connectivity index (χ4v) is 5.29. The summed E-state index contributed by atoms with van der Waals surface area (Å²) < 4.78 is 28.1. The van der Waals surface area contributed by atoms with Crippen molar-refractivity contribution in [2.24, 2.45) is 0 Å². The van der Waals surface area contributed by atoms with Crippen LogP contribution in [0, 0.1) is 0 Å². The summed E-state index contributed by atoms with van der Waals surface area (Å²) in [6.45, 7) is 0.660. The predicted octanol–water partition coefficient (Wildman–Crippen LogP) is 3.00. The first-order valence-corrected chi connectivity index (χ1v) is 11.7. The topological polar surface area (TPSA) is 93.5 Å². The van der Waals surface area contributed by atoms with Crippen LogP contribution in [0.1, 0.15) is 33.6 Å². The SMILES string of the molecule is O=Cc1cccc(-c2ccc(C(=O)Cn3cc(S(=O)(=O)N4CCCC4)ccc3=O)cc2)c1. The summed E-state index contributed by atoms with van der Waals surface area (Å²) in [5, 5.41) is 0. The molecule has 1 aliphatic rings. The number of Topliss-reactive ketones (excluding diaryl/α,β-unsaturated/α-hetero) is 1. The molecule has 0 bridgehead atoms. The molecular formula is C24H22N2O5S. The number of nitrogens with zero attached hydrogens (tertiary/aromatic N) is 2. The lowest BCUT2D eigenvalue weighted by atomic mass is 10.0. The van der Waals surface area contributed by atoms with Crippen molar-refractivity contribution in [1.29, 1.82) is 0 Å². The van der Waals surface area contributed by atoms with Crippen LogP contribution in [0.4, 0.5) is 0 Å². The quantitative estimate of drug-likeness (QED) is 0.408. The molecule has 3 aromatic rings. The first kappa shape index (κ1) is 21.9. The summed E-state index contributed by atoms with van der Waals surface area (Å²) in [7, 11) is -3.68. The van der Waals surface area contributed by atoms with Crippen LogP contribution in [0.3, 0.4) is 0 Å². The molecule has 0 saturated carbocycles. The van der Waals surface area contributed by atoms with Crippen LogP contribution in [0.25, 0.3) is 11.1 Å². The van der Waals surface area contributed by atoms with Crippen molar-refractivity contribution in [3.8, 4) is 11.1 Å². The maximum atomic E-state index is 12.8. The zero-order valence-electron chi connectivity index (χ0n) is 17.3. The van der Waals surface area contributed by atoms with Crippen LogP contribution >= 0.6 is 0 Å². The number of aromatic nitrogens is 1. The minimum absolute atomic E-state index is 0.0113. The number of hydrogen-bond donors (Lipinski definition) is 0. The number of pyridine rings is 1. The van der Waals surface area contributed by atoms with E-state index in [2.05, 4.69) is 0 Å². The predicted molar refractivity (Wildman–Crippen MR) is 120 cm³/mol. The number of carbonyl (C=O) groups excluding carboxylic acids is 2. The number of hydrogen-bond acceptors (Lipinski definition) is 5. The highest BCUT2D eigenvalue weighted by molar-refractivity contribution is 7.89. The van der Waals surface area contributed by atoms with Crippen LogP contribution < -0.4 is 5.56 Å². The van der Waals surface area contributed by atoms with Gasteiger partial charge in [-0.2, -0.15) is 4.31 Å². The average Bonchev–Trinajstić information content (AvgIpc) is 3.36. The first-order chi connectivity index (χ1) is 15.4. The van der Waals surface area contributed by atoms with Gasteiger partial charge in [-0.1, -0.05) is 42.5 Å². The highest BCUT2D eigenvalue weighted by Crippen LogP contribution is 2.22. The van der Waals surface area contributed by atoms with E-state index >= 15 is 0 Å². The van der Waals surface area contributed by atoms with Crippen molar-refractivity contribution < 1.29 is 18.0 Å². The Hall–Kier alpha value is -3.36. The first-order valence-electron chi connectivity index (χ1n) is 10.3. The summed E-state index contributed by atoms with van der Waals surface area (Å²) >= 11 is 0. The molecule has 164 valence electrons. The van der Waals surface area contributed by atoms with Crippen molar-refractivity contribution >= 4 is 22.1 Å². The molecule has 0 N–H and O–H groups in total. The largest absolute Gasteiger partial charge is 0.306 e. The lowest BCUT2D eigenvalue weighted by molar-refractivity contribution is 0.0970. The van der Waals surface area contributed by atoms with Gasteiger partial charge in [0.05, 0.1) is 11.4 Å². The molecule has 1 saturated heterocycles. The second-order valence-electron chi connectivity index (χ2n) is 7.69. The van der Waals surface area contributed by atoms with E-state index in [1.807, 2.05) is 6.07 Å². The maximum Gasteiger partial charge on any atom is 0.251 e. The van der Waals surface area contributed by atoms with Gasteiger partial charge in [0.15, 0.2) is 5.78 Å². The molecular weight excluding hydrogens is 428 g/mol. The Labute approximate surface area is 186 Å². The maximum absolute atomic E-state index is 12.8. The molecule has 0 amide bonds. The summed E-state index contributed by atoms with van der Waals surface area (Å²) in [5.74, 6) is -0.309. The zero-order valence-corrected chi connectivity index (χ0v) is 18.1. The van der Waals surface area contributed by atoms with Gasteiger partial charge in [0, 0.05) is 36.5 Å². The summed E-state index contributed by atoms with van der Waals surface area (Å²) in [6.07, 6.45) is 3.64. The van der Waals surface area contributed by atoms with E-state index in [4.69, 9.17) is 0 Å². The molecule has 7 nitrogen and oxygen atoms in total. The molecule has 0 atom stereocenters. The highest BCUT2D eigenvalue weighted by atomic mass is 32.2. The fraction of sp³-hybridized carbons (Fsp3) is 0.208. The summed E-state index contributed by atoms with van der Waals surface area (Å²) in [4.78, 5) is 36.0. The Morgan fingerprint density at radius 3 is 2.34 bits per heavy atom. The van der Waals surface area contributed by atoms with E-state index in [0.717, 1.165) is 34.8 Å². The van der Waals surface area contributed by atoms with Gasteiger partial charge in [-0.15, -0.1) is 0 Å². The van der Waals surface area contributed by atoms with E-state index in [9.17, 15) is 22.8 Å². The van der Waals surface area contributed by atoms with Crippen LogP contribution in [0.5, 0.6) is 0 Å².